The first-order valence-corrected chi connectivity index (χ1v) is 9.91. The molecule has 0 aliphatic carbocycles. The maximum atomic E-state index is 12.3. The minimum Gasteiger partial charge on any atom is -0.380 e. The third-order valence-electron chi connectivity index (χ3n) is 4.43. The molecule has 0 saturated carbocycles. The predicted molar refractivity (Wildman–Crippen MR) is 104 cm³/mol. The van der Waals surface area contributed by atoms with Crippen molar-refractivity contribution in [1.82, 2.24) is 9.88 Å². The summed E-state index contributed by atoms with van der Waals surface area (Å²) in [5, 5.41) is 6.36. The summed E-state index contributed by atoms with van der Waals surface area (Å²) >= 11 is 1.64. The van der Waals surface area contributed by atoms with Crippen LogP contribution in [0.15, 0.2) is 36.0 Å². The molecule has 1 aliphatic heterocycles. The molecule has 5 nitrogen and oxygen atoms in total. The summed E-state index contributed by atoms with van der Waals surface area (Å²) in [7, 11) is 0. The number of carbonyl (C=O) groups is 1. The largest absolute Gasteiger partial charge is 0.380 e. The molecule has 2 heterocycles. The van der Waals surface area contributed by atoms with Crippen LogP contribution in [0.1, 0.15) is 37.0 Å². The van der Waals surface area contributed by atoms with Gasteiger partial charge in [-0.25, -0.2) is 0 Å². The smallest absolute Gasteiger partial charge is 0.238 e. The second kappa shape index (κ2) is 9.53. The minimum atomic E-state index is 0.0749. The van der Waals surface area contributed by atoms with Crippen LogP contribution in [0.2, 0.25) is 0 Å². The van der Waals surface area contributed by atoms with E-state index < -0.39 is 0 Å². The Morgan fingerprint density at radius 3 is 2.40 bits per heavy atom. The van der Waals surface area contributed by atoms with Crippen LogP contribution in [0.5, 0.6) is 0 Å². The van der Waals surface area contributed by atoms with E-state index in [0.29, 0.717) is 6.54 Å². The zero-order valence-electron chi connectivity index (χ0n) is 14.5. The van der Waals surface area contributed by atoms with Crippen molar-refractivity contribution in [3.8, 4) is 0 Å². The zero-order chi connectivity index (χ0) is 17.3. The SMILES string of the molecule is O=C(CN1CCCCCCC1)Nc1ccc(NCc2cncs2)cc1. The summed E-state index contributed by atoms with van der Waals surface area (Å²) in [6.07, 6.45) is 8.18. The lowest BCUT2D eigenvalue weighted by Gasteiger charge is -2.23. The maximum Gasteiger partial charge on any atom is 0.238 e. The Morgan fingerprint density at radius 1 is 1.04 bits per heavy atom. The molecular formula is C19H26N4OS. The van der Waals surface area contributed by atoms with E-state index in [1.165, 1.54) is 37.0 Å². The maximum absolute atomic E-state index is 12.3. The monoisotopic (exact) mass is 358 g/mol. The fourth-order valence-corrected chi connectivity index (χ4v) is 3.60. The van der Waals surface area contributed by atoms with Gasteiger partial charge in [0.15, 0.2) is 0 Å². The normalized spacial score (nSPS) is 16.0. The highest BCUT2D eigenvalue weighted by atomic mass is 32.1. The van der Waals surface area contributed by atoms with Gasteiger partial charge in [0.05, 0.1) is 18.6 Å². The topological polar surface area (TPSA) is 57.3 Å². The first kappa shape index (κ1) is 17.9. The van der Waals surface area contributed by atoms with Gasteiger partial charge in [0.2, 0.25) is 5.91 Å². The van der Waals surface area contributed by atoms with Gasteiger partial charge in [0.25, 0.3) is 0 Å². The molecule has 0 atom stereocenters. The average Bonchev–Trinajstić information content (AvgIpc) is 3.10. The zero-order valence-corrected chi connectivity index (χ0v) is 15.4. The lowest BCUT2D eigenvalue weighted by atomic mass is 10.1. The Labute approximate surface area is 153 Å². The Morgan fingerprint density at radius 2 is 1.72 bits per heavy atom. The van der Waals surface area contributed by atoms with Gasteiger partial charge in [-0.1, -0.05) is 19.3 Å². The summed E-state index contributed by atoms with van der Waals surface area (Å²) in [6, 6.07) is 7.88. The van der Waals surface area contributed by atoms with Crippen LogP contribution in [0.4, 0.5) is 11.4 Å². The second-order valence-corrected chi connectivity index (χ2v) is 7.46. The molecule has 0 bridgehead atoms. The quantitative estimate of drug-likeness (QED) is 0.821. The number of thiazole rings is 1. The van der Waals surface area contributed by atoms with Crippen LogP contribution in [-0.4, -0.2) is 35.4 Å². The van der Waals surface area contributed by atoms with Crippen LogP contribution in [0.25, 0.3) is 0 Å². The van der Waals surface area contributed by atoms with Crippen molar-refractivity contribution in [2.75, 3.05) is 30.3 Å². The van der Waals surface area contributed by atoms with Crippen LogP contribution < -0.4 is 10.6 Å². The van der Waals surface area contributed by atoms with E-state index >= 15 is 0 Å². The van der Waals surface area contributed by atoms with E-state index in [2.05, 4.69) is 20.5 Å². The van der Waals surface area contributed by atoms with E-state index in [9.17, 15) is 4.79 Å². The Balaban J connectivity index is 1.44. The van der Waals surface area contributed by atoms with Crippen molar-refractivity contribution < 1.29 is 4.79 Å². The molecule has 1 aliphatic rings. The van der Waals surface area contributed by atoms with E-state index in [0.717, 1.165) is 31.0 Å². The van der Waals surface area contributed by atoms with Crippen LogP contribution in [-0.2, 0) is 11.3 Å². The minimum absolute atomic E-state index is 0.0749. The number of hydrogen-bond acceptors (Lipinski definition) is 5. The van der Waals surface area contributed by atoms with Gasteiger partial charge in [-0.3, -0.25) is 14.7 Å². The van der Waals surface area contributed by atoms with Crippen LogP contribution >= 0.6 is 11.3 Å². The number of rotatable bonds is 6. The Bertz CT molecular complexity index is 634. The van der Waals surface area contributed by atoms with Crippen molar-refractivity contribution in [2.24, 2.45) is 0 Å². The van der Waals surface area contributed by atoms with E-state index in [1.807, 2.05) is 36.0 Å². The average molecular weight is 359 g/mol. The van der Waals surface area contributed by atoms with E-state index in [1.54, 1.807) is 11.3 Å². The fourth-order valence-electron chi connectivity index (χ4n) is 3.06. The van der Waals surface area contributed by atoms with Gasteiger partial charge in [-0.15, -0.1) is 11.3 Å². The van der Waals surface area contributed by atoms with Gasteiger partial charge >= 0.3 is 0 Å². The number of aromatic nitrogens is 1. The molecule has 0 spiro atoms. The van der Waals surface area contributed by atoms with Crippen molar-refractivity contribution in [1.29, 1.82) is 0 Å². The molecule has 6 heteroatoms. The molecule has 134 valence electrons. The summed E-state index contributed by atoms with van der Waals surface area (Å²) < 4.78 is 0. The van der Waals surface area contributed by atoms with Crippen molar-refractivity contribution in [3.63, 3.8) is 0 Å². The molecule has 3 rings (SSSR count). The third-order valence-corrected chi connectivity index (χ3v) is 5.21. The fraction of sp³-hybridized carbons (Fsp3) is 0.474. The molecular weight excluding hydrogens is 332 g/mol. The molecule has 1 saturated heterocycles. The standard InChI is InChI=1S/C19H26N4OS/c24-19(14-23-10-4-2-1-3-5-11-23)22-17-8-6-16(7-9-17)21-13-18-12-20-15-25-18/h6-9,12,15,21H,1-5,10-11,13-14H2,(H,22,24). The first-order valence-electron chi connectivity index (χ1n) is 9.03. The van der Waals surface area contributed by atoms with E-state index in [-0.39, 0.29) is 5.91 Å². The highest BCUT2D eigenvalue weighted by molar-refractivity contribution is 7.09. The van der Waals surface area contributed by atoms with Crippen LogP contribution in [0, 0.1) is 0 Å². The van der Waals surface area contributed by atoms with Gasteiger partial charge in [-0.05, 0) is 50.2 Å². The van der Waals surface area contributed by atoms with Gasteiger partial charge in [0.1, 0.15) is 0 Å². The lowest BCUT2D eigenvalue weighted by molar-refractivity contribution is -0.117. The number of hydrogen-bond donors (Lipinski definition) is 2. The van der Waals surface area contributed by atoms with Gasteiger partial charge in [0, 0.05) is 22.4 Å². The molecule has 1 aromatic heterocycles. The summed E-state index contributed by atoms with van der Waals surface area (Å²) in [6.45, 7) is 3.33. The predicted octanol–water partition coefficient (Wildman–Crippen LogP) is 3.96. The number of anilines is 2. The molecule has 1 amide bonds. The molecule has 1 aromatic carbocycles. The van der Waals surface area contributed by atoms with Crippen molar-refractivity contribution in [3.05, 3.63) is 40.8 Å². The highest BCUT2D eigenvalue weighted by Crippen LogP contribution is 2.16. The molecule has 0 radical (unpaired) electrons. The molecule has 2 aromatic rings. The third kappa shape index (κ3) is 6.14. The Hall–Kier alpha value is -1.92. The molecule has 0 unspecified atom stereocenters. The van der Waals surface area contributed by atoms with Gasteiger partial charge < -0.3 is 10.6 Å². The number of nitrogens with one attached hydrogen (secondary N) is 2. The summed E-state index contributed by atoms with van der Waals surface area (Å²) in [5.41, 5.74) is 3.72. The number of carbonyl (C=O) groups excluding carboxylic acids is 1. The van der Waals surface area contributed by atoms with Gasteiger partial charge in [-0.2, -0.15) is 0 Å². The number of amides is 1. The first-order chi connectivity index (χ1) is 12.3. The molecule has 25 heavy (non-hydrogen) atoms. The number of nitrogens with zero attached hydrogens (tertiary/aromatic N) is 2. The lowest BCUT2D eigenvalue weighted by Crippen LogP contribution is -2.35. The molecule has 1 fully saturated rings. The van der Waals surface area contributed by atoms with Crippen molar-refractivity contribution >= 4 is 28.6 Å². The number of benzene rings is 1. The number of likely N-dealkylation sites (tertiary alicyclic amines) is 1. The summed E-state index contributed by atoms with van der Waals surface area (Å²) in [5.74, 6) is 0.0749. The van der Waals surface area contributed by atoms with Crippen LogP contribution in [0.3, 0.4) is 0 Å². The highest BCUT2D eigenvalue weighted by Gasteiger charge is 2.12. The second-order valence-electron chi connectivity index (χ2n) is 6.49. The van der Waals surface area contributed by atoms with Crippen molar-refractivity contribution in [2.45, 2.75) is 38.6 Å². The van der Waals surface area contributed by atoms with E-state index in [4.69, 9.17) is 0 Å². The molecule has 2 N–H and O–H groups in total. The summed E-state index contributed by atoms with van der Waals surface area (Å²) in [4.78, 5) is 19.8. The Kier molecular flexibility index (Phi) is 6.82.